The van der Waals surface area contributed by atoms with Crippen LogP contribution in [-0.2, 0) is 0 Å². The molecule has 0 aliphatic carbocycles. The minimum absolute atomic E-state index is 0.659. The lowest BCUT2D eigenvalue weighted by molar-refractivity contribution is 0.497. The summed E-state index contributed by atoms with van der Waals surface area (Å²) in [5, 5.41) is 3.63. The minimum atomic E-state index is 0.659. The van der Waals surface area contributed by atoms with E-state index in [-0.39, 0.29) is 0 Å². The van der Waals surface area contributed by atoms with Crippen LogP contribution in [0.3, 0.4) is 0 Å². The van der Waals surface area contributed by atoms with E-state index < -0.39 is 0 Å². The molecule has 0 radical (unpaired) electrons. The third kappa shape index (κ3) is 6.49. The summed E-state index contributed by atoms with van der Waals surface area (Å²) in [5.74, 6) is 2.66. The van der Waals surface area contributed by atoms with Gasteiger partial charge in [-0.1, -0.05) is 38.1 Å². The van der Waals surface area contributed by atoms with Crippen molar-refractivity contribution in [1.82, 2.24) is 5.32 Å². The summed E-state index contributed by atoms with van der Waals surface area (Å²) < 4.78 is 0. The summed E-state index contributed by atoms with van der Waals surface area (Å²) in [6, 6.07) is 8.85. The predicted molar refractivity (Wildman–Crippen MR) is 89.2 cm³/mol. The molecule has 2 heteroatoms. The third-order valence-electron chi connectivity index (χ3n) is 3.47. The highest BCUT2D eigenvalue weighted by Gasteiger charge is 2.13. The molecule has 0 amide bonds. The van der Waals surface area contributed by atoms with Gasteiger partial charge in [0.1, 0.15) is 0 Å². The first-order valence-electron chi connectivity index (χ1n) is 7.40. The monoisotopic (exact) mass is 279 g/mol. The molecule has 19 heavy (non-hydrogen) atoms. The van der Waals surface area contributed by atoms with Gasteiger partial charge in [0.2, 0.25) is 0 Å². The molecule has 1 N–H and O–H groups in total. The van der Waals surface area contributed by atoms with E-state index in [0.29, 0.717) is 5.92 Å². The summed E-state index contributed by atoms with van der Waals surface area (Å²) in [6.45, 7) is 8.99. The fraction of sp³-hybridized carbons (Fsp3) is 0.647. The molecule has 1 aromatic carbocycles. The Bertz CT molecular complexity index is 349. The third-order valence-corrected chi connectivity index (χ3v) is 4.17. The first-order chi connectivity index (χ1) is 9.15. The number of hydrogen-bond donors (Lipinski definition) is 1. The van der Waals surface area contributed by atoms with Crippen molar-refractivity contribution in [2.24, 2.45) is 5.92 Å². The van der Waals surface area contributed by atoms with E-state index in [1.807, 2.05) is 11.8 Å². The fourth-order valence-electron chi connectivity index (χ4n) is 2.43. The molecule has 0 fully saturated rings. The SMILES string of the molecule is CSCCCC(CNCC(C)C)c1ccccc1C. The summed E-state index contributed by atoms with van der Waals surface area (Å²) >= 11 is 1.95. The summed E-state index contributed by atoms with van der Waals surface area (Å²) in [6.07, 6.45) is 4.79. The van der Waals surface area contributed by atoms with Crippen LogP contribution in [-0.4, -0.2) is 25.1 Å². The number of thioether (sulfide) groups is 1. The second-order valence-electron chi connectivity index (χ2n) is 5.74. The standard InChI is InChI=1S/C17H29NS/c1-14(2)12-18-13-16(9-7-11-19-4)17-10-6-5-8-15(17)3/h5-6,8,10,14,16,18H,7,9,11-13H2,1-4H3. The van der Waals surface area contributed by atoms with Crippen LogP contribution >= 0.6 is 11.8 Å². The zero-order valence-corrected chi connectivity index (χ0v) is 13.7. The Labute approximate surface area is 123 Å². The normalized spacial score (nSPS) is 12.9. The van der Waals surface area contributed by atoms with Crippen molar-refractivity contribution in [3.8, 4) is 0 Å². The quantitative estimate of drug-likeness (QED) is 0.669. The summed E-state index contributed by atoms with van der Waals surface area (Å²) in [5.41, 5.74) is 2.96. The largest absolute Gasteiger partial charge is 0.316 e. The number of benzene rings is 1. The first-order valence-corrected chi connectivity index (χ1v) is 8.79. The molecule has 0 aliphatic heterocycles. The summed E-state index contributed by atoms with van der Waals surface area (Å²) in [7, 11) is 0. The molecule has 0 bridgehead atoms. The Morgan fingerprint density at radius 1 is 1.16 bits per heavy atom. The van der Waals surface area contributed by atoms with Crippen LogP contribution in [0.5, 0.6) is 0 Å². The van der Waals surface area contributed by atoms with Crippen LogP contribution in [0.15, 0.2) is 24.3 Å². The van der Waals surface area contributed by atoms with Crippen LogP contribution in [0.1, 0.15) is 43.7 Å². The van der Waals surface area contributed by atoms with Crippen LogP contribution in [0.25, 0.3) is 0 Å². The van der Waals surface area contributed by atoms with Crippen molar-refractivity contribution < 1.29 is 0 Å². The maximum atomic E-state index is 3.63. The van der Waals surface area contributed by atoms with E-state index in [0.717, 1.165) is 19.0 Å². The van der Waals surface area contributed by atoms with E-state index in [2.05, 4.69) is 56.6 Å². The van der Waals surface area contributed by atoms with E-state index >= 15 is 0 Å². The molecule has 1 atom stereocenters. The second-order valence-corrected chi connectivity index (χ2v) is 6.73. The number of nitrogens with one attached hydrogen (secondary N) is 1. The van der Waals surface area contributed by atoms with E-state index in [1.54, 1.807) is 0 Å². The molecule has 0 aromatic heterocycles. The maximum absolute atomic E-state index is 3.63. The van der Waals surface area contributed by atoms with Crippen LogP contribution in [0.4, 0.5) is 0 Å². The van der Waals surface area contributed by atoms with Crippen LogP contribution in [0, 0.1) is 12.8 Å². The molecule has 0 saturated carbocycles. The van der Waals surface area contributed by atoms with Gasteiger partial charge in [-0.3, -0.25) is 0 Å². The van der Waals surface area contributed by atoms with E-state index in [1.165, 1.54) is 29.7 Å². The van der Waals surface area contributed by atoms with Crippen molar-refractivity contribution >= 4 is 11.8 Å². The molecule has 0 aliphatic rings. The molecule has 1 unspecified atom stereocenters. The highest BCUT2D eigenvalue weighted by atomic mass is 32.2. The number of hydrogen-bond acceptors (Lipinski definition) is 2. The Morgan fingerprint density at radius 3 is 2.53 bits per heavy atom. The Balaban J connectivity index is 2.60. The van der Waals surface area contributed by atoms with Gasteiger partial charge in [0.25, 0.3) is 0 Å². The van der Waals surface area contributed by atoms with Gasteiger partial charge in [-0.05, 0) is 61.3 Å². The predicted octanol–water partition coefficient (Wildman–Crippen LogP) is 4.47. The average molecular weight is 279 g/mol. The number of aryl methyl sites for hydroxylation is 1. The van der Waals surface area contributed by atoms with Gasteiger partial charge in [0.05, 0.1) is 0 Å². The lowest BCUT2D eigenvalue weighted by atomic mass is 9.91. The molecule has 1 aromatic rings. The highest BCUT2D eigenvalue weighted by molar-refractivity contribution is 7.98. The molecule has 108 valence electrons. The molecule has 1 nitrogen and oxygen atoms in total. The first kappa shape index (κ1) is 16.6. The van der Waals surface area contributed by atoms with Gasteiger partial charge in [0.15, 0.2) is 0 Å². The second kappa shape index (κ2) is 9.44. The number of rotatable bonds is 9. The molecule has 0 saturated heterocycles. The fourth-order valence-corrected chi connectivity index (χ4v) is 2.89. The van der Waals surface area contributed by atoms with Crippen LogP contribution < -0.4 is 5.32 Å². The molecular formula is C17H29NS. The van der Waals surface area contributed by atoms with Gasteiger partial charge in [-0.25, -0.2) is 0 Å². The van der Waals surface area contributed by atoms with Gasteiger partial charge < -0.3 is 5.32 Å². The highest BCUT2D eigenvalue weighted by Crippen LogP contribution is 2.24. The minimum Gasteiger partial charge on any atom is -0.316 e. The van der Waals surface area contributed by atoms with Crippen molar-refractivity contribution in [1.29, 1.82) is 0 Å². The Morgan fingerprint density at radius 2 is 1.89 bits per heavy atom. The average Bonchev–Trinajstić information content (AvgIpc) is 2.37. The summed E-state index contributed by atoms with van der Waals surface area (Å²) in [4.78, 5) is 0. The lowest BCUT2D eigenvalue weighted by Gasteiger charge is -2.20. The molecular weight excluding hydrogens is 250 g/mol. The molecule has 0 spiro atoms. The van der Waals surface area contributed by atoms with Crippen molar-refractivity contribution in [3.05, 3.63) is 35.4 Å². The van der Waals surface area contributed by atoms with Crippen molar-refractivity contribution in [2.75, 3.05) is 25.1 Å². The van der Waals surface area contributed by atoms with Gasteiger partial charge in [0, 0.05) is 6.54 Å². The maximum Gasteiger partial charge on any atom is 0.00203 e. The molecule has 1 rings (SSSR count). The zero-order valence-electron chi connectivity index (χ0n) is 12.9. The van der Waals surface area contributed by atoms with Crippen molar-refractivity contribution in [2.45, 2.75) is 39.5 Å². The Kier molecular flexibility index (Phi) is 8.24. The topological polar surface area (TPSA) is 12.0 Å². The Hall–Kier alpha value is -0.470. The zero-order chi connectivity index (χ0) is 14.1. The van der Waals surface area contributed by atoms with Gasteiger partial charge in [-0.2, -0.15) is 11.8 Å². The van der Waals surface area contributed by atoms with Crippen LogP contribution in [0.2, 0.25) is 0 Å². The van der Waals surface area contributed by atoms with E-state index in [4.69, 9.17) is 0 Å². The van der Waals surface area contributed by atoms with Gasteiger partial charge in [-0.15, -0.1) is 0 Å². The lowest BCUT2D eigenvalue weighted by Crippen LogP contribution is -2.26. The smallest absolute Gasteiger partial charge is 0.00203 e. The van der Waals surface area contributed by atoms with E-state index in [9.17, 15) is 0 Å². The molecule has 0 heterocycles. The van der Waals surface area contributed by atoms with Crippen molar-refractivity contribution in [3.63, 3.8) is 0 Å². The van der Waals surface area contributed by atoms with Gasteiger partial charge >= 0.3 is 0 Å².